The summed E-state index contributed by atoms with van der Waals surface area (Å²) in [6, 6.07) is 13.9. The lowest BCUT2D eigenvalue weighted by molar-refractivity contribution is 0.501. The molecule has 0 spiro atoms. The molecule has 135 valence electrons. The average Bonchev–Trinajstić information content (AvgIpc) is 2.50. The third-order valence-electron chi connectivity index (χ3n) is 4.93. The Bertz CT molecular complexity index is 625. The highest BCUT2D eigenvalue weighted by molar-refractivity contribution is 5.31. The minimum Gasteiger partial charge on any atom is -0.0654 e. The standard InChI is InChI=1S/C25H35/c1-6-7-8-9-23(18-25-16-21(4)13-22(5)17-25)10-11-24-14-19(2)12-20(3)15-24/h10,12-17,23H,6-9,11,18H2,1-5H3. The van der Waals surface area contributed by atoms with E-state index in [1.807, 2.05) is 0 Å². The molecule has 0 amide bonds. The van der Waals surface area contributed by atoms with Crippen molar-refractivity contribution in [1.82, 2.24) is 0 Å². The van der Waals surface area contributed by atoms with E-state index in [9.17, 15) is 0 Å². The van der Waals surface area contributed by atoms with Gasteiger partial charge in [0, 0.05) is 0 Å². The molecule has 0 saturated carbocycles. The second kappa shape index (κ2) is 9.80. The molecule has 0 fully saturated rings. The smallest absolute Gasteiger partial charge is 0.0245 e. The molecule has 2 aromatic rings. The SMILES string of the molecule is CCCCCC([CH]Cc1cc(C)cc(C)c1)Cc1cc(C)cc(C)c1. The van der Waals surface area contributed by atoms with Crippen molar-refractivity contribution in [2.45, 2.75) is 73.1 Å². The van der Waals surface area contributed by atoms with Gasteiger partial charge in [-0.15, -0.1) is 0 Å². The highest BCUT2D eigenvalue weighted by Crippen LogP contribution is 2.23. The Morgan fingerprint density at radius 1 is 0.720 bits per heavy atom. The predicted octanol–water partition coefficient (Wildman–Crippen LogP) is 7.11. The number of hydrogen-bond donors (Lipinski definition) is 0. The molecule has 0 nitrogen and oxygen atoms in total. The number of unbranched alkanes of at least 4 members (excludes halogenated alkanes) is 2. The quantitative estimate of drug-likeness (QED) is 0.428. The van der Waals surface area contributed by atoms with Crippen molar-refractivity contribution >= 4 is 0 Å². The first-order chi connectivity index (χ1) is 12.0. The summed E-state index contributed by atoms with van der Waals surface area (Å²) >= 11 is 0. The van der Waals surface area contributed by atoms with Crippen LogP contribution in [-0.2, 0) is 12.8 Å². The Balaban J connectivity index is 2.03. The van der Waals surface area contributed by atoms with E-state index in [2.05, 4.69) is 77.4 Å². The van der Waals surface area contributed by atoms with Gasteiger partial charge in [-0.3, -0.25) is 0 Å². The maximum absolute atomic E-state index is 2.57. The number of rotatable bonds is 9. The number of aryl methyl sites for hydroxylation is 4. The summed E-state index contributed by atoms with van der Waals surface area (Å²) < 4.78 is 0. The molecule has 0 aliphatic rings. The lowest BCUT2D eigenvalue weighted by atomic mass is 9.87. The number of benzene rings is 2. The van der Waals surface area contributed by atoms with Crippen LogP contribution in [0, 0.1) is 40.0 Å². The van der Waals surface area contributed by atoms with Crippen LogP contribution in [0.15, 0.2) is 36.4 Å². The van der Waals surface area contributed by atoms with Gasteiger partial charge in [-0.2, -0.15) is 0 Å². The predicted molar refractivity (Wildman–Crippen MR) is 111 cm³/mol. The Morgan fingerprint density at radius 3 is 1.76 bits per heavy atom. The van der Waals surface area contributed by atoms with Gasteiger partial charge in [0.05, 0.1) is 0 Å². The summed E-state index contributed by atoms with van der Waals surface area (Å²) in [4.78, 5) is 0. The molecule has 1 radical (unpaired) electrons. The Morgan fingerprint density at radius 2 is 1.24 bits per heavy atom. The first-order valence-corrected chi connectivity index (χ1v) is 9.94. The van der Waals surface area contributed by atoms with Crippen LogP contribution in [0.1, 0.15) is 66.0 Å². The van der Waals surface area contributed by atoms with E-state index in [-0.39, 0.29) is 0 Å². The molecule has 0 N–H and O–H groups in total. The van der Waals surface area contributed by atoms with E-state index in [0.29, 0.717) is 5.92 Å². The molecule has 0 heterocycles. The van der Waals surface area contributed by atoms with Gasteiger partial charge in [0.1, 0.15) is 0 Å². The van der Waals surface area contributed by atoms with Crippen LogP contribution in [0.5, 0.6) is 0 Å². The fourth-order valence-electron chi connectivity index (χ4n) is 3.94. The monoisotopic (exact) mass is 335 g/mol. The van der Waals surface area contributed by atoms with E-state index in [0.717, 1.165) is 6.42 Å². The van der Waals surface area contributed by atoms with Gasteiger partial charge in [-0.25, -0.2) is 0 Å². The molecule has 2 aromatic carbocycles. The third kappa shape index (κ3) is 7.06. The van der Waals surface area contributed by atoms with Crippen molar-refractivity contribution in [2.24, 2.45) is 5.92 Å². The van der Waals surface area contributed by atoms with Crippen LogP contribution in [-0.4, -0.2) is 0 Å². The zero-order valence-electron chi connectivity index (χ0n) is 16.9. The van der Waals surface area contributed by atoms with Crippen LogP contribution < -0.4 is 0 Å². The van der Waals surface area contributed by atoms with Gasteiger partial charge in [0.2, 0.25) is 0 Å². The van der Waals surface area contributed by atoms with Gasteiger partial charge in [-0.05, 0) is 70.4 Å². The maximum atomic E-state index is 2.57. The Labute approximate surface area is 155 Å². The van der Waals surface area contributed by atoms with Crippen molar-refractivity contribution in [3.8, 4) is 0 Å². The molecule has 0 bridgehead atoms. The second-order valence-electron chi connectivity index (χ2n) is 7.89. The highest BCUT2D eigenvalue weighted by atomic mass is 14.2. The van der Waals surface area contributed by atoms with E-state index in [1.165, 1.54) is 65.5 Å². The molecule has 0 aliphatic carbocycles. The molecule has 0 aliphatic heterocycles. The second-order valence-corrected chi connectivity index (χ2v) is 7.89. The molecular formula is C25H35. The van der Waals surface area contributed by atoms with Crippen LogP contribution in [0.25, 0.3) is 0 Å². The van der Waals surface area contributed by atoms with Crippen molar-refractivity contribution in [2.75, 3.05) is 0 Å². The minimum atomic E-state index is 0.675. The molecule has 0 heteroatoms. The van der Waals surface area contributed by atoms with E-state index in [1.54, 1.807) is 0 Å². The van der Waals surface area contributed by atoms with E-state index >= 15 is 0 Å². The van der Waals surface area contributed by atoms with Gasteiger partial charge < -0.3 is 0 Å². The average molecular weight is 336 g/mol. The molecule has 25 heavy (non-hydrogen) atoms. The van der Waals surface area contributed by atoms with Crippen molar-refractivity contribution < 1.29 is 0 Å². The number of hydrogen-bond acceptors (Lipinski definition) is 0. The van der Waals surface area contributed by atoms with E-state index < -0.39 is 0 Å². The third-order valence-corrected chi connectivity index (χ3v) is 4.93. The molecule has 1 atom stereocenters. The van der Waals surface area contributed by atoms with Gasteiger partial charge in [-0.1, -0.05) is 84.8 Å². The highest BCUT2D eigenvalue weighted by Gasteiger charge is 2.11. The van der Waals surface area contributed by atoms with Gasteiger partial charge >= 0.3 is 0 Å². The topological polar surface area (TPSA) is 0 Å². The van der Waals surface area contributed by atoms with Crippen LogP contribution >= 0.6 is 0 Å². The zero-order chi connectivity index (χ0) is 18.2. The van der Waals surface area contributed by atoms with E-state index in [4.69, 9.17) is 0 Å². The fraction of sp³-hybridized carbons (Fsp3) is 0.480. The van der Waals surface area contributed by atoms with Crippen molar-refractivity contribution in [1.29, 1.82) is 0 Å². The lowest BCUT2D eigenvalue weighted by Crippen LogP contribution is -2.08. The first kappa shape index (κ1) is 19.8. The van der Waals surface area contributed by atoms with Gasteiger partial charge in [0.25, 0.3) is 0 Å². The summed E-state index contributed by atoms with van der Waals surface area (Å²) in [5.74, 6) is 0.675. The summed E-state index contributed by atoms with van der Waals surface area (Å²) in [6.45, 7) is 11.1. The lowest BCUT2D eigenvalue weighted by Gasteiger charge is -2.18. The Kier molecular flexibility index (Phi) is 7.75. The summed E-state index contributed by atoms with van der Waals surface area (Å²) in [5, 5.41) is 0. The molecule has 2 rings (SSSR count). The summed E-state index contributed by atoms with van der Waals surface area (Å²) in [5.41, 5.74) is 8.47. The zero-order valence-corrected chi connectivity index (χ0v) is 16.9. The molecule has 1 unspecified atom stereocenters. The fourth-order valence-corrected chi connectivity index (χ4v) is 3.94. The molecular weight excluding hydrogens is 300 g/mol. The van der Waals surface area contributed by atoms with Crippen LogP contribution in [0.2, 0.25) is 0 Å². The summed E-state index contributed by atoms with van der Waals surface area (Å²) in [7, 11) is 0. The maximum Gasteiger partial charge on any atom is -0.0245 e. The minimum absolute atomic E-state index is 0.675. The first-order valence-electron chi connectivity index (χ1n) is 9.94. The summed E-state index contributed by atoms with van der Waals surface area (Å²) in [6.07, 6.45) is 10.1. The normalized spacial score (nSPS) is 12.4. The van der Waals surface area contributed by atoms with Crippen molar-refractivity contribution in [3.63, 3.8) is 0 Å². The van der Waals surface area contributed by atoms with Crippen molar-refractivity contribution in [3.05, 3.63) is 76.2 Å². The van der Waals surface area contributed by atoms with Gasteiger partial charge in [0.15, 0.2) is 0 Å². The Hall–Kier alpha value is -1.56. The molecule has 0 aromatic heterocycles. The van der Waals surface area contributed by atoms with Crippen LogP contribution in [0.3, 0.4) is 0 Å². The van der Waals surface area contributed by atoms with Crippen LogP contribution in [0.4, 0.5) is 0 Å². The molecule has 0 saturated heterocycles. The largest absolute Gasteiger partial charge is 0.0654 e.